The van der Waals surface area contributed by atoms with Gasteiger partial charge >= 0.3 is 5.97 Å². The monoisotopic (exact) mass is 303 g/mol. The molecule has 0 amide bonds. The number of aromatic nitrogens is 3. The van der Waals surface area contributed by atoms with Gasteiger partial charge in [0.15, 0.2) is 5.69 Å². The molecule has 1 unspecified atom stereocenters. The summed E-state index contributed by atoms with van der Waals surface area (Å²) >= 11 is 1.84. The predicted molar refractivity (Wildman–Crippen MR) is 80.8 cm³/mol. The Labute approximate surface area is 127 Å². The van der Waals surface area contributed by atoms with Gasteiger partial charge in [0.2, 0.25) is 0 Å². The summed E-state index contributed by atoms with van der Waals surface area (Å²) in [7, 11) is 0. The minimum absolute atomic E-state index is 0.0948. The van der Waals surface area contributed by atoms with Crippen molar-refractivity contribution in [2.75, 3.05) is 0 Å². The molecule has 21 heavy (non-hydrogen) atoms. The molecule has 1 aromatic carbocycles. The van der Waals surface area contributed by atoms with Crippen LogP contribution in [0.5, 0.6) is 0 Å². The number of nitrogens with zero attached hydrogens (tertiary/aromatic N) is 3. The fourth-order valence-corrected chi connectivity index (χ4v) is 3.98. The maximum atomic E-state index is 11.2. The standard InChI is InChI=1S/C15H17N3O2S/c1-2-5-12-14(15(19)20)16-17-18(12)9-11-8-10-6-3-4-7-13(10)21-11/h3-4,6-7,11H,2,5,8-9H2,1H3,(H,19,20). The number of carbonyl (C=O) groups is 1. The average Bonchev–Trinajstić information content (AvgIpc) is 3.03. The number of fused-ring (bicyclic) bond motifs is 1. The number of aromatic carboxylic acids is 1. The Kier molecular flexibility index (Phi) is 3.96. The van der Waals surface area contributed by atoms with Crippen molar-refractivity contribution >= 4 is 17.7 Å². The summed E-state index contributed by atoms with van der Waals surface area (Å²) in [5.74, 6) is -0.993. The van der Waals surface area contributed by atoms with Gasteiger partial charge in [0, 0.05) is 10.1 Å². The number of hydrogen-bond acceptors (Lipinski definition) is 4. The van der Waals surface area contributed by atoms with Gasteiger partial charge in [-0.25, -0.2) is 9.48 Å². The van der Waals surface area contributed by atoms with Gasteiger partial charge in [-0.1, -0.05) is 36.8 Å². The SMILES string of the molecule is CCCc1c(C(=O)O)nnn1CC1Cc2ccccc2S1. The third-order valence-corrected chi connectivity index (χ3v) is 4.92. The molecule has 0 aliphatic carbocycles. The highest BCUT2D eigenvalue weighted by Gasteiger charge is 2.25. The molecule has 1 N–H and O–H groups in total. The third kappa shape index (κ3) is 2.81. The summed E-state index contributed by atoms with van der Waals surface area (Å²) < 4.78 is 1.77. The molecule has 1 aromatic heterocycles. The van der Waals surface area contributed by atoms with Crippen LogP contribution >= 0.6 is 11.8 Å². The number of rotatable bonds is 5. The van der Waals surface area contributed by atoms with Crippen molar-refractivity contribution in [3.8, 4) is 0 Å². The lowest BCUT2D eigenvalue weighted by Gasteiger charge is -2.11. The number of benzene rings is 1. The van der Waals surface area contributed by atoms with Crippen molar-refractivity contribution < 1.29 is 9.90 Å². The molecular formula is C15H17N3O2S. The molecule has 110 valence electrons. The van der Waals surface area contributed by atoms with Crippen LogP contribution < -0.4 is 0 Å². The molecular weight excluding hydrogens is 286 g/mol. The second-order valence-corrected chi connectivity index (χ2v) is 6.52. The fourth-order valence-electron chi connectivity index (χ4n) is 2.68. The maximum absolute atomic E-state index is 11.2. The fraction of sp³-hybridized carbons (Fsp3) is 0.400. The zero-order valence-corrected chi connectivity index (χ0v) is 12.6. The van der Waals surface area contributed by atoms with Crippen LogP contribution in [-0.2, 0) is 19.4 Å². The number of carboxylic acid groups (broad SMARTS) is 1. The smallest absolute Gasteiger partial charge is 0.358 e. The Morgan fingerprint density at radius 2 is 2.29 bits per heavy atom. The molecule has 0 spiro atoms. The molecule has 2 aromatic rings. The van der Waals surface area contributed by atoms with E-state index in [0.29, 0.717) is 18.2 Å². The lowest BCUT2D eigenvalue weighted by atomic mass is 10.1. The van der Waals surface area contributed by atoms with Crippen molar-refractivity contribution in [1.29, 1.82) is 0 Å². The largest absolute Gasteiger partial charge is 0.476 e. The van der Waals surface area contributed by atoms with Gasteiger partial charge in [0.1, 0.15) is 0 Å². The van der Waals surface area contributed by atoms with E-state index in [-0.39, 0.29) is 5.69 Å². The van der Waals surface area contributed by atoms with Crippen molar-refractivity contribution in [3.63, 3.8) is 0 Å². The van der Waals surface area contributed by atoms with Crippen molar-refractivity contribution in [2.24, 2.45) is 0 Å². The molecule has 5 nitrogen and oxygen atoms in total. The van der Waals surface area contributed by atoms with E-state index in [0.717, 1.165) is 18.5 Å². The average molecular weight is 303 g/mol. The van der Waals surface area contributed by atoms with Crippen LogP contribution in [-0.4, -0.2) is 31.3 Å². The minimum Gasteiger partial charge on any atom is -0.476 e. The van der Waals surface area contributed by atoms with Gasteiger partial charge in [-0.3, -0.25) is 0 Å². The van der Waals surface area contributed by atoms with Crippen LogP contribution in [0.25, 0.3) is 0 Å². The Balaban J connectivity index is 1.79. The molecule has 1 aliphatic heterocycles. The first-order valence-electron chi connectivity index (χ1n) is 7.09. The zero-order valence-electron chi connectivity index (χ0n) is 11.8. The first-order chi connectivity index (χ1) is 10.2. The van der Waals surface area contributed by atoms with Crippen molar-refractivity contribution in [2.45, 2.75) is 42.9 Å². The zero-order chi connectivity index (χ0) is 14.8. The maximum Gasteiger partial charge on any atom is 0.358 e. The Morgan fingerprint density at radius 1 is 1.48 bits per heavy atom. The molecule has 6 heteroatoms. The summed E-state index contributed by atoms with van der Waals surface area (Å²) in [4.78, 5) is 12.5. The molecule has 2 heterocycles. The lowest BCUT2D eigenvalue weighted by Crippen LogP contribution is -2.16. The molecule has 1 aliphatic rings. The van der Waals surface area contributed by atoms with Gasteiger partial charge in [-0.05, 0) is 24.5 Å². The Hall–Kier alpha value is -1.82. The highest BCUT2D eigenvalue weighted by Crippen LogP contribution is 2.37. The van der Waals surface area contributed by atoms with Crippen LogP contribution in [0.15, 0.2) is 29.2 Å². The molecule has 1 atom stereocenters. The molecule has 0 radical (unpaired) electrons. The topological polar surface area (TPSA) is 68.0 Å². The van der Waals surface area contributed by atoms with E-state index in [1.54, 1.807) is 4.68 Å². The summed E-state index contributed by atoms with van der Waals surface area (Å²) in [5, 5.41) is 17.5. The van der Waals surface area contributed by atoms with Gasteiger partial charge < -0.3 is 5.11 Å². The van der Waals surface area contributed by atoms with Crippen LogP contribution in [0.3, 0.4) is 0 Å². The highest BCUT2D eigenvalue weighted by molar-refractivity contribution is 8.00. The second-order valence-electron chi connectivity index (χ2n) is 5.17. The van der Waals surface area contributed by atoms with E-state index in [2.05, 4.69) is 34.6 Å². The first kappa shape index (κ1) is 14.1. The quantitative estimate of drug-likeness (QED) is 0.919. The van der Waals surface area contributed by atoms with Crippen LogP contribution in [0, 0.1) is 0 Å². The molecule has 0 saturated carbocycles. The molecule has 0 saturated heterocycles. The van der Waals surface area contributed by atoms with Gasteiger partial charge in [0.25, 0.3) is 0 Å². The molecule has 3 rings (SSSR count). The Bertz CT molecular complexity index is 644. The van der Waals surface area contributed by atoms with Crippen molar-refractivity contribution in [1.82, 2.24) is 15.0 Å². The van der Waals surface area contributed by atoms with E-state index >= 15 is 0 Å². The van der Waals surface area contributed by atoms with Gasteiger partial charge in [-0.15, -0.1) is 16.9 Å². The van der Waals surface area contributed by atoms with Crippen LogP contribution in [0.1, 0.15) is 35.1 Å². The van der Waals surface area contributed by atoms with Gasteiger partial charge in [0.05, 0.1) is 12.2 Å². The highest BCUT2D eigenvalue weighted by atomic mass is 32.2. The van der Waals surface area contributed by atoms with E-state index in [4.69, 9.17) is 0 Å². The summed E-state index contributed by atoms with van der Waals surface area (Å²) in [6.45, 7) is 2.73. The van der Waals surface area contributed by atoms with Crippen LogP contribution in [0.4, 0.5) is 0 Å². The van der Waals surface area contributed by atoms with Gasteiger partial charge in [-0.2, -0.15) is 0 Å². The normalized spacial score (nSPS) is 16.9. The summed E-state index contributed by atoms with van der Waals surface area (Å²) in [5.41, 5.74) is 2.20. The second kappa shape index (κ2) is 5.89. The first-order valence-corrected chi connectivity index (χ1v) is 7.97. The third-order valence-electron chi connectivity index (χ3n) is 3.62. The van der Waals surface area contributed by atoms with E-state index < -0.39 is 5.97 Å². The predicted octanol–water partition coefficient (Wildman–Crippen LogP) is 2.65. The van der Waals surface area contributed by atoms with E-state index in [9.17, 15) is 9.90 Å². The number of hydrogen-bond donors (Lipinski definition) is 1. The van der Waals surface area contributed by atoms with Crippen molar-refractivity contribution in [3.05, 3.63) is 41.2 Å². The van der Waals surface area contributed by atoms with Crippen LogP contribution in [0.2, 0.25) is 0 Å². The molecule has 0 fully saturated rings. The lowest BCUT2D eigenvalue weighted by molar-refractivity contribution is 0.0689. The minimum atomic E-state index is -0.993. The Morgan fingerprint density at radius 3 is 3.00 bits per heavy atom. The summed E-state index contributed by atoms with van der Waals surface area (Å²) in [6, 6.07) is 8.40. The number of thioether (sulfide) groups is 1. The molecule has 0 bridgehead atoms. The summed E-state index contributed by atoms with van der Waals surface area (Å²) in [6.07, 6.45) is 2.57. The number of carboxylic acids is 1. The van der Waals surface area contributed by atoms with E-state index in [1.165, 1.54) is 10.5 Å². The van der Waals surface area contributed by atoms with E-state index in [1.807, 2.05) is 18.7 Å².